The van der Waals surface area contributed by atoms with Crippen LogP contribution in [0.1, 0.15) is 43.7 Å². The second-order valence-corrected chi connectivity index (χ2v) is 10.4. The summed E-state index contributed by atoms with van der Waals surface area (Å²) < 4.78 is 34.2. The maximum Gasteiger partial charge on any atom is 0.137 e. The molecule has 1 aliphatic carbocycles. The fourth-order valence-electron chi connectivity index (χ4n) is 4.41. The standard InChI is InChI=1S/C22H32FN5OS/c1-4-20-21(25-2)26-15-27-22(20)28(3)19-11-7-17(8-12-19)14-30(24,29)13-16-5-9-18(23)10-6-16/h5-6,9-10,15,17,19,24H,4,7-8,11-14H2,1-3H3,(H,25,26,27)/t17-,19+,30?. The molecule has 1 aliphatic rings. The first-order valence-electron chi connectivity index (χ1n) is 10.6. The van der Waals surface area contributed by atoms with E-state index in [-0.39, 0.29) is 11.6 Å². The molecule has 1 atom stereocenters. The van der Waals surface area contributed by atoms with Crippen molar-refractivity contribution in [3.8, 4) is 0 Å². The number of anilines is 2. The molecule has 8 heteroatoms. The molecule has 0 spiro atoms. The SMILES string of the molecule is CCc1c(NC)ncnc1N(C)[C@H]1CC[C@@H](CS(=N)(=O)Cc2ccc(F)cc2)CC1. The van der Waals surface area contributed by atoms with Gasteiger partial charge in [-0.3, -0.25) is 4.78 Å². The lowest BCUT2D eigenvalue weighted by molar-refractivity contribution is 0.342. The molecule has 1 aromatic heterocycles. The zero-order valence-corrected chi connectivity index (χ0v) is 18.8. The van der Waals surface area contributed by atoms with Gasteiger partial charge in [0.25, 0.3) is 0 Å². The zero-order chi connectivity index (χ0) is 21.7. The van der Waals surface area contributed by atoms with Gasteiger partial charge < -0.3 is 10.2 Å². The van der Waals surface area contributed by atoms with Crippen molar-refractivity contribution in [2.75, 3.05) is 30.1 Å². The lowest BCUT2D eigenvalue weighted by Crippen LogP contribution is -2.37. The number of hydrogen-bond acceptors (Lipinski definition) is 6. The van der Waals surface area contributed by atoms with Crippen molar-refractivity contribution in [2.45, 2.75) is 50.8 Å². The van der Waals surface area contributed by atoms with Crippen LogP contribution >= 0.6 is 0 Å². The van der Waals surface area contributed by atoms with E-state index in [1.165, 1.54) is 12.1 Å². The minimum Gasteiger partial charge on any atom is -0.373 e. The van der Waals surface area contributed by atoms with E-state index in [0.29, 0.717) is 17.7 Å². The van der Waals surface area contributed by atoms with Crippen molar-refractivity contribution >= 4 is 21.4 Å². The summed E-state index contributed by atoms with van der Waals surface area (Å²) in [5, 5.41) is 3.15. The molecule has 2 aromatic rings. The molecule has 0 bridgehead atoms. The molecule has 3 rings (SSSR count). The average molecular weight is 434 g/mol. The topological polar surface area (TPSA) is 82.0 Å². The van der Waals surface area contributed by atoms with Gasteiger partial charge in [0.05, 0.1) is 5.75 Å². The third-order valence-electron chi connectivity index (χ3n) is 6.03. The number of aromatic nitrogens is 2. The molecule has 164 valence electrons. The first-order valence-corrected chi connectivity index (χ1v) is 12.5. The Labute approximate surface area is 179 Å². The Hall–Kier alpha value is -2.22. The highest BCUT2D eigenvalue weighted by molar-refractivity contribution is 7.91. The Kier molecular flexibility index (Phi) is 7.28. The summed E-state index contributed by atoms with van der Waals surface area (Å²) in [6, 6.07) is 6.36. The normalized spacial score (nSPS) is 21.1. The quantitative estimate of drug-likeness (QED) is 0.642. The van der Waals surface area contributed by atoms with Gasteiger partial charge >= 0.3 is 0 Å². The minimum absolute atomic E-state index is 0.195. The third-order valence-corrected chi connectivity index (χ3v) is 7.84. The summed E-state index contributed by atoms with van der Waals surface area (Å²) in [6.07, 6.45) is 6.37. The van der Waals surface area contributed by atoms with Gasteiger partial charge in [-0.1, -0.05) is 19.1 Å². The van der Waals surface area contributed by atoms with E-state index in [0.717, 1.165) is 54.9 Å². The van der Waals surface area contributed by atoms with E-state index >= 15 is 0 Å². The monoisotopic (exact) mass is 433 g/mol. The minimum atomic E-state index is -2.72. The second kappa shape index (κ2) is 9.73. The lowest BCUT2D eigenvalue weighted by atomic mass is 9.86. The van der Waals surface area contributed by atoms with Crippen LogP contribution in [0.5, 0.6) is 0 Å². The van der Waals surface area contributed by atoms with E-state index < -0.39 is 9.73 Å². The van der Waals surface area contributed by atoms with Crippen LogP contribution in [0.15, 0.2) is 30.6 Å². The van der Waals surface area contributed by atoms with Crippen molar-refractivity contribution in [3.05, 3.63) is 47.5 Å². The summed E-state index contributed by atoms with van der Waals surface area (Å²) in [5.41, 5.74) is 1.89. The summed E-state index contributed by atoms with van der Waals surface area (Å²) >= 11 is 0. The van der Waals surface area contributed by atoms with Crippen LogP contribution in [0.25, 0.3) is 0 Å². The zero-order valence-electron chi connectivity index (χ0n) is 18.0. The van der Waals surface area contributed by atoms with Gasteiger partial charge in [0.1, 0.15) is 23.8 Å². The molecule has 1 heterocycles. The summed E-state index contributed by atoms with van der Waals surface area (Å²) in [6.45, 7) is 2.11. The third kappa shape index (κ3) is 5.47. The van der Waals surface area contributed by atoms with Crippen molar-refractivity contribution in [1.82, 2.24) is 9.97 Å². The predicted octanol–water partition coefficient (Wildman–Crippen LogP) is 4.46. The highest BCUT2D eigenvalue weighted by Gasteiger charge is 2.28. The smallest absolute Gasteiger partial charge is 0.137 e. The Morgan fingerprint density at radius 1 is 1.20 bits per heavy atom. The molecule has 0 radical (unpaired) electrons. The molecule has 6 nitrogen and oxygen atoms in total. The Morgan fingerprint density at radius 3 is 2.47 bits per heavy atom. The molecule has 1 unspecified atom stereocenters. The molecule has 1 saturated carbocycles. The van der Waals surface area contributed by atoms with Crippen molar-refractivity contribution < 1.29 is 8.60 Å². The van der Waals surface area contributed by atoms with Gasteiger partial charge in [-0.2, -0.15) is 0 Å². The first-order chi connectivity index (χ1) is 14.3. The van der Waals surface area contributed by atoms with Crippen LogP contribution in [0.4, 0.5) is 16.0 Å². The van der Waals surface area contributed by atoms with E-state index in [4.69, 9.17) is 4.78 Å². The number of nitrogens with one attached hydrogen (secondary N) is 2. The molecule has 1 aromatic carbocycles. The maximum absolute atomic E-state index is 13.1. The van der Waals surface area contributed by atoms with Gasteiger partial charge in [-0.25, -0.2) is 18.6 Å². The fourth-order valence-corrected chi connectivity index (χ4v) is 6.35. The van der Waals surface area contributed by atoms with Crippen LogP contribution in [-0.4, -0.2) is 40.1 Å². The summed E-state index contributed by atoms with van der Waals surface area (Å²) in [5.74, 6) is 2.44. The van der Waals surface area contributed by atoms with E-state index in [1.807, 2.05) is 7.05 Å². The number of benzene rings is 1. The molecule has 1 fully saturated rings. The Morgan fingerprint density at radius 2 is 1.87 bits per heavy atom. The number of rotatable bonds is 8. The highest BCUT2D eigenvalue weighted by Crippen LogP contribution is 2.33. The molecular weight excluding hydrogens is 401 g/mol. The van der Waals surface area contributed by atoms with E-state index in [9.17, 15) is 8.60 Å². The van der Waals surface area contributed by atoms with Crippen molar-refractivity contribution in [3.63, 3.8) is 0 Å². The molecule has 2 N–H and O–H groups in total. The van der Waals surface area contributed by atoms with Crippen molar-refractivity contribution in [2.24, 2.45) is 5.92 Å². The second-order valence-electron chi connectivity index (χ2n) is 8.16. The Balaban J connectivity index is 1.59. The highest BCUT2D eigenvalue weighted by atomic mass is 32.2. The van der Waals surface area contributed by atoms with Crippen LogP contribution in [0.2, 0.25) is 0 Å². The van der Waals surface area contributed by atoms with E-state index in [1.54, 1.807) is 18.5 Å². The molecular formula is C22H32FN5OS. The predicted molar refractivity (Wildman–Crippen MR) is 121 cm³/mol. The first kappa shape index (κ1) is 22.5. The van der Waals surface area contributed by atoms with E-state index in [2.05, 4.69) is 34.2 Å². The van der Waals surface area contributed by atoms with Crippen LogP contribution < -0.4 is 10.2 Å². The van der Waals surface area contributed by atoms with Gasteiger partial charge in [-0.15, -0.1) is 0 Å². The maximum atomic E-state index is 13.1. The Bertz CT molecular complexity index is 941. The summed E-state index contributed by atoms with van der Waals surface area (Å²) in [4.78, 5) is 11.1. The molecule has 0 saturated heterocycles. The number of hydrogen-bond donors (Lipinski definition) is 2. The van der Waals surface area contributed by atoms with Crippen LogP contribution in [0, 0.1) is 16.5 Å². The van der Waals surface area contributed by atoms with Crippen LogP contribution in [-0.2, 0) is 21.9 Å². The average Bonchev–Trinajstić information content (AvgIpc) is 2.74. The fraction of sp³-hybridized carbons (Fsp3) is 0.545. The number of halogens is 1. The van der Waals surface area contributed by atoms with Gasteiger partial charge in [0.2, 0.25) is 0 Å². The largest absolute Gasteiger partial charge is 0.373 e. The number of nitrogens with zero attached hydrogens (tertiary/aromatic N) is 3. The van der Waals surface area contributed by atoms with Gasteiger partial charge in [-0.05, 0) is 55.7 Å². The van der Waals surface area contributed by atoms with Crippen LogP contribution in [0.3, 0.4) is 0 Å². The summed E-state index contributed by atoms with van der Waals surface area (Å²) in [7, 11) is 1.25. The molecule has 30 heavy (non-hydrogen) atoms. The molecule has 0 amide bonds. The van der Waals surface area contributed by atoms with Gasteiger partial charge in [0.15, 0.2) is 0 Å². The lowest BCUT2D eigenvalue weighted by Gasteiger charge is -2.36. The van der Waals surface area contributed by atoms with Crippen molar-refractivity contribution in [1.29, 1.82) is 4.78 Å². The van der Waals surface area contributed by atoms with Gasteiger partial charge in [0, 0.05) is 41.2 Å². The molecule has 0 aliphatic heterocycles.